The van der Waals surface area contributed by atoms with Crippen molar-refractivity contribution < 1.29 is 42.7 Å². The van der Waals surface area contributed by atoms with Crippen LogP contribution in [0.5, 0.6) is 11.5 Å². The maximum Gasteiger partial charge on any atom is 0.306 e. The first-order valence-electron chi connectivity index (χ1n) is 13.3. The van der Waals surface area contributed by atoms with Crippen molar-refractivity contribution in [1.29, 1.82) is 0 Å². The fourth-order valence-corrected chi connectivity index (χ4v) is 5.43. The van der Waals surface area contributed by atoms with E-state index in [4.69, 9.17) is 37.9 Å². The smallest absolute Gasteiger partial charge is 0.306 e. The third-order valence-corrected chi connectivity index (χ3v) is 7.33. The zero-order valence-electron chi connectivity index (χ0n) is 21.0. The molecule has 4 fully saturated rings. The molecule has 9 nitrogen and oxygen atoms in total. The quantitative estimate of drug-likeness (QED) is 0.417. The molecule has 3 saturated heterocycles. The minimum absolute atomic E-state index is 0.0276. The van der Waals surface area contributed by atoms with Gasteiger partial charge < -0.3 is 37.9 Å². The zero-order valence-corrected chi connectivity index (χ0v) is 21.0. The molecule has 0 amide bonds. The van der Waals surface area contributed by atoms with E-state index in [0.717, 1.165) is 50.0 Å². The Kier molecular flexibility index (Phi) is 8.97. The zero-order chi connectivity index (χ0) is 24.7. The predicted octanol–water partition coefficient (Wildman–Crippen LogP) is 3.62. The number of benzene rings is 1. The molecule has 3 aliphatic heterocycles. The molecule has 0 bridgehead atoms. The van der Waals surface area contributed by atoms with Crippen LogP contribution in [0.3, 0.4) is 0 Å². The molecule has 9 heteroatoms. The average Bonchev–Trinajstić information content (AvgIpc) is 3.42. The Labute approximate surface area is 212 Å². The van der Waals surface area contributed by atoms with Gasteiger partial charge in [-0.15, -0.1) is 0 Å². The summed E-state index contributed by atoms with van der Waals surface area (Å²) in [6, 6.07) is 7.45. The molecule has 7 atom stereocenters. The predicted molar refractivity (Wildman–Crippen MR) is 128 cm³/mol. The number of hydrogen-bond donors (Lipinski definition) is 0. The number of rotatable bonds is 11. The number of carbonyl (C=O) groups is 1. The number of fused-ring (bicyclic) bond motifs is 1. The highest BCUT2D eigenvalue weighted by molar-refractivity contribution is 5.72. The topological polar surface area (TPSA) is 90.9 Å². The van der Waals surface area contributed by atoms with Crippen LogP contribution in [0.1, 0.15) is 51.4 Å². The summed E-state index contributed by atoms with van der Waals surface area (Å²) in [5.41, 5.74) is 0. The Balaban J connectivity index is 1.22. The monoisotopic (exact) mass is 506 g/mol. The molecule has 3 unspecified atom stereocenters. The highest BCUT2D eigenvalue weighted by Gasteiger charge is 2.52. The fourth-order valence-electron chi connectivity index (χ4n) is 5.43. The van der Waals surface area contributed by atoms with Gasteiger partial charge in [-0.2, -0.15) is 0 Å². The lowest BCUT2D eigenvalue weighted by molar-refractivity contribution is -0.226. The molecule has 4 aliphatic rings. The van der Waals surface area contributed by atoms with Crippen LogP contribution >= 0.6 is 0 Å². The molecule has 0 aromatic heterocycles. The van der Waals surface area contributed by atoms with Gasteiger partial charge in [0.1, 0.15) is 30.3 Å². The molecule has 1 aromatic rings. The lowest BCUT2D eigenvalue weighted by Crippen LogP contribution is -2.40. The van der Waals surface area contributed by atoms with Crippen LogP contribution in [0, 0.1) is 5.92 Å². The second-order valence-corrected chi connectivity index (χ2v) is 9.94. The molecule has 0 spiro atoms. The second kappa shape index (κ2) is 12.6. The fraction of sp³-hybridized carbons (Fsp3) is 0.741. The molecule has 0 N–H and O–H groups in total. The van der Waals surface area contributed by atoms with Crippen molar-refractivity contribution in [2.24, 2.45) is 5.92 Å². The maximum absolute atomic E-state index is 12.0. The number of carbonyl (C=O) groups excluding carboxylic acids is 1. The lowest BCUT2D eigenvalue weighted by atomic mass is 10.0. The van der Waals surface area contributed by atoms with Crippen molar-refractivity contribution in [3.05, 3.63) is 24.3 Å². The van der Waals surface area contributed by atoms with E-state index in [1.165, 1.54) is 0 Å². The number of hydrogen-bond acceptors (Lipinski definition) is 9. The van der Waals surface area contributed by atoms with E-state index in [1.54, 1.807) is 7.11 Å². The van der Waals surface area contributed by atoms with Gasteiger partial charge in [-0.25, -0.2) is 0 Å². The molecule has 36 heavy (non-hydrogen) atoms. The van der Waals surface area contributed by atoms with E-state index in [1.807, 2.05) is 24.3 Å². The molecule has 200 valence electrons. The largest absolute Gasteiger partial charge is 0.497 e. The molecule has 3 heterocycles. The highest BCUT2D eigenvalue weighted by atomic mass is 16.7. The molecule has 0 radical (unpaired) electrons. The Morgan fingerprint density at radius 1 is 0.944 bits per heavy atom. The third kappa shape index (κ3) is 6.69. The van der Waals surface area contributed by atoms with E-state index in [9.17, 15) is 4.79 Å². The van der Waals surface area contributed by atoms with Crippen molar-refractivity contribution in [2.75, 3.05) is 33.5 Å². The average molecular weight is 507 g/mol. The number of ether oxygens (including phenoxy) is 8. The summed E-state index contributed by atoms with van der Waals surface area (Å²) >= 11 is 0. The van der Waals surface area contributed by atoms with Gasteiger partial charge in [0, 0.05) is 25.6 Å². The van der Waals surface area contributed by atoms with Gasteiger partial charge in [-0.3, -0.25) is 4.79 Å². The Hall–Kier alpha value is -1.91. The molecule has 1 aromatic carbocycles. The minimum atomic E-state index is -0.348. The minimum Gasteiger partial charge on any atom is -0.497 e. The van der Waals surface area contributed by atoms with Crippen LogP contribution in [0.25, 0.3) is 0 Å². The van der Waals surface area contributed by atoms with Crippen LogP contribution < -0.4 is 9.47 Å². The van der Waals surface area contributed by atoms with E-state index >= 15 is 0 Å². The Bertz CT molecular complexity index is 819. The Morgan fingerprint density at radius 3 is 2.36 bits per heavy atom. The van der Waals surface area contributed by atoms with Crippen LogP contribution in [-0.4, -0.2) is 76.5 Å². The standard InChI is InChI=1S/C27H38O9/c1-29-18-8-10-19(11-9-18)32-16-20(34-25-6-2-4-12-30-25)17-33-27-21-14-24(28)35-22(21)15-23(27)36-26-7-3-5-13-31-26/h8-11,20-23,25-27H,2-7,12-17H2,1H3/t20?,21-,22-,23+,25?,26?,27+/m1/s1. The summed E-state index contributed by atoms with van der Waals surface area (Å²) < 4.78 is 47.5. The van der Waals surface area contributed by atoms with Crippen LogP contribution in [0.2, 0.25) is 0 Å². The van der Waals surface area contributed by atoms with Gasteiger partial charge in [0.2, 0.25) is 0 Å². The highest BCUT2D eigenvalue weighted by Crippen LogP contribution is 2.41. The molecular formula is C27H38O9. The molecule has 1 saturated carbocycles. The lowest BCUT2D eigenvalue weighted by Gasteiger charge is -2.32. The summed E-state index contributed by atoms with van der Waals surface area (Å²) in [6.07, 6.45) is 5.47. The van der Waals surface area contributed by atoms with Crippen LogP contribution in [-0.2, 0) is 33.2 Å². The number of esters is 1. The normalized spacial score (nSPS) is 33.1. The number of methoxy groups -OCH3 is 1. The van der Waals surface area contributed by atoms with E-state index in [0.29, 0.717) is 39.3 Å². The van der Waals surface area contributed by atoms with E-state index in [2.05, 4.69) is 0 Å². The molecule has 1 aliphatic carbocycles. The van der Waals surface area contributed by atoms with Gasteiger partial charge in [-0.1, -0.05) is 0 Å². The van der Waals surface area contributed by atoms with Gasteiger partial charge >= 0.3 is 5.97 Å². The van der Waals surface area contributed by atoms with Crippen LogP contribution in [0.15, 0.2) is 24.3 Å². The molecular weight excluding hydrogens is 468 g/mol. The summed E-state index contributed by atoms with van der Waals surface area (Å²) in [4.78, 5) is 12.0. The summed E-state index contributed by atoms with van der Waals surface area (Å²) in [7, 11) is 1.63. The van der Waals surface area contributed by atoms with Gasteiger partial charge in [-0.05, 0) is 62.8 Å². The van der Waals surface area contributed by atoms with Gasteiger partial charge in [0.25, 0.3) is 0 Å². The van der Waals surface area contributed by atoms with Crippen molar-refractivity contribution >= 4 is 5.97 Å². The first-order chi connectivity index (χ1) is 17.7. The van der Waals surface area contributed by atoms with E-state index < -0.39 is 0 Å². The Morgan fingerprint density at radius 2 is 1.67 bits per heavy atom. The van der Waals surface area contributed by atoms with Crippen molar-refractivity contribution in [3.63, 3.8) is 0 Å². The summed E-state index contributed by atoms with van der Waals surface area (Å²) in [5.74, 6) is 1.30. The first kappa shape index (κ1) is 25.7. The van der Waals surface area contributed by atoms with Crippen LogP contribution in [0.4, 0.5) is 0 Å². The third-order valence-electron chi connectivity index (χ3n) is 7.33. The summed E-state index contributed by atoms with van der Waals surface area (Å²) in [6.45, 7) is 2.01. The second-order valence-electron chi connectivity index (χ2n) is 9.94. The van der Waals surface area contributed by atoms with Crippen molar-refractivity contribution in [3.8, 4) is 11.5 Å². The SMILES string of the molecule is COc1ccc(OCC(CO[C@H]2[C@@H]3CC(=O)O[C@@H]3C[C@@H]2OC2CCCCO2)OC2CCCCO2)cc1. The molecule has 5 rings (SSSR count). The van der Waals surface area contributed by atoms with E-state index in [-0.39, 0.29) is 48.9 Å². The summed E-state index contributed by atoms with van der Waals surface area (Å²) in [5, 5.41) is 0. The maximum atomic E-state index is 12.0. The van der Waals surface area contributed by atoms with Crippen molar-refractivity contribution in [1.82, 2.24) is 0 Å². The van der Waals surface area contributed by atoms with Gasteiger partial charge in [0.05, 0.1) is 32.3 Å². The first-order valence-corrected chi connectivity index (χ1v) is 13.3. The van der Waals surface area contributed by atoms with Crippen molar-refractivity contribution in [2.45, 2.75) is 88.4 Å². The van der Waals surface area contributed by atoms with Gasteiger partial charge in [0.15, 0.2) is 12.6 Å².